The lowest BCUT2D eigenvalue weighted by molar-refractivity contribution is -0.122. The molecule has 0 aliphatic carbocycles. The van der Waals surface area contributed by atoms with Gasteiger partial charge in [0.2, 0.25) is 5.16 Å². The summed E-state index contributed by atoms with van der Waals surface area (Å²) in [6, 6.07) is 15.2. The van der Waals surface area contributed by atoms with E-state index < -0.39 is 12.1 Å². The lowest BCUT2D eigenvalue weighted by Gasteiger charge is -2.26. The molecular weight excluding hydrogens is 486 g/mol. The summed E-state index contributed by atoms with van der Waals surface area (Å²) in [5, 5.41) is 15.7. The minimum Gasteiger partial charge on any atom is -0.445 e. The normalized spacial score (nSPS) is 12.7. The second-order valence-corrected chi connectivity index (χ2v) is 12.1. The van der Waals surface area contributed by atoms with Crippen molar-refractivity contribution >= 4 is 23.6 Å². The summed E-state index contributed by atoms with van der Waals surface area (Å²) >= 11 is 1.43. The Bertz CT molecular complexity index is 1210. The topological polar surface area (TPSA) is 99.0 Å². The molecular formula is C28H37N5O3S. The molecule has 198 valence electrons. The van der Waals surface area contributed by atoms with Crippen molar-refractivity contribution in [2.45, 2.75) is 95.0 Å². The number of rotatable bonds is 9. The molecule has 0 spiro atoms. The molecule has 0 saturated carbocycles. The van der Waals surface area contributed by atoms with Gasteiger partial charge in [0.25, 0.3) is 0 Å². The summed E-state index contributed by atoms with van der Waals surface area (Å²) < 4.78 is 5.24. The summed E-state index contributed by atoms with van der Waals surface area (Å²) in [6.45, 7) is 15.0. The van der Waals surface area contributed by atoms with Gasteiger partial charge in [0.05, 0.1) is 6.04 Å². The van der Waals surface area contributed by atoms with Crippen molar-refractivity contribution < 1.29 is 14.3 Å². The van der Waals surface area contributed by atoms with Gasteiger partial charge in [0.1, 0.15) is 13.2 Å². The van der Waals surface area contributed by atoms with Crippen molar-refractivity contribution in [2.75, 3.05) is 0 Å². The van der Waals surface area contributed by atoms with Crippen LogP contribution in [0.25, 0.3) is 0 Å². The van der Waals surface area contributed by atoms with Crippen molar-refractivity contribution in [3.8, 4) is 0 Å². The van der Waals surface area contributed by atoms with Gasteiger partial charge in [-0.3, -0.25) is 4.79 Å². The standard InChI is InChI=1S/C28H37N5O3S/c1-8-22(29-26(35)36-18-19-12-10-9-11-13-19)23(34)17-33-31-25(30-32-33)37-24-15-14-20(27(2,3)4)16-21(24)28(5,6)7/h9-16,22H,8,17-18H2,1-7H3,(H,29,35). The fraction of sp³-hybridized carbons (Fsp3) is 0.464. The van der Waals surface area contributed by atoms with E-state index in [1.165, 1.54) is 27.7 Å². The molecule has 0 fully saturated rings. The van der Waals surface area contributed by atoms with Crippen LogP contribution in [0.15, 0.2) is 58.6 Å². The Labute approximate surface area is 223 Å². The average molecular weight is 524 g/mol. The highest BCUT2D eigenvalue weighted by Gasteiger charge is 2.24. The maximum atomic E-state index is 12.8. The molecule has 1 atom stereocenters. The summed E-state index contributed by atoms with van der Waals surface area (Å²) in [7, 11) is 0. The van der Waals surface area contributed by atoms with Crippen LogP contribution in [0.2, 0.25) is 0 Å². The van der Waals surface area contributed by atoms with E-state index in [0.717, 1.165) is 10.5 Å². The first-order chi connectivity index (χ1) is 17.4. The van der Waals surface area contributed by atoms with Gasteiger partial charge in [0, 0.05) is 4.90 Å². The predicted molar refractivity (Wildman–Crippen MR) is 145 cm³/mol. The van der Waals surface area contributed by atoms with Crippen LogP contribution < -0.4 is 5.32 Å². The number of amides is 1. The Morgan fingerprint density at radius 2 is 1.73 bits per heavy atom. The molecule has 8 nitrogen and oxygen atoms in total. The molecule has 3 rings (SSSR count). The summed E-state index contributed by atoms with van der Waals surface area (Å²) in [4.78, 5) is 27.4. The van der Waals surface area contributed by atoms with E-state index in [0.29, 0.717) is 11.6 Å². The number of ketones is 1. The molecule has 1 heterocycles. The first-order valence-corrected chi connectivity index (χ1v) is 13.3. The van der Waals surface area contributed by atoms with E-state index >= 15 is 0 Å². The summed E-state index contributed by atoms with van der Waals surface area (Å²) in [5.74, 6) is -0.224. The van der Waals surface area contributed by atoms with Crippen molar-refractivity contribution in [3.63, 3.8) is 0 Å². The molecule has 0 aliphatic rings. The zero-order valence-corrected chi connectivity index (χ0v) is 23.6. The predicted octanol–water partition coefficient (Wildman–Crippen LogP) is 5.69. The highest BCUT2D eigenvalue weighted by atomic mass is 32.2. The number of hydrogen-bond donors (Lipinski definition) is 1. The third kappa shape index (κ3) is 8.15. The molecule has 1 amide bonds. The Morgan fingerprint density at radius 3 is 2.35 bits per heavy atom. The van der Waals surface area contributed by atoms with Gasteiger partial charge in [-0.05, 0) is 57.0 Å². The number of benzene rings is 2. The average Bonchev–Trinajstić information content (AvgIpc) is 3.27. The lowest BCUT2D eigenvalue weighted by atomic mass is 9.81. The first kappa shape index (κ1) is 28.4. The number of carbonyl (C=O) groups excluding carboxylic acids is 2. The monoisotopic (exact) mass is 523 g/mol. The smallest absolute Gasteiger partial charge is 0.408 e. The van der Waals surface area contributed by atoms with Crippen molar-refractivity contribution in [2.24, 2.45) is 0 Å². The van der Waals surface area contributed by atoms with Crippen LogP contribution in [0, 0.1) is 0 Å². The highest BCUT2D eigenvalue weighted by Crippen LogP contribution is 2.37. The van der Waals surface area contributed by atoms with E-state index in [-0.39, 0.29) is 29.8 Å². The number of hydrogen-bond acceptors (Lipinski definition) is 7. The molecule has 0 aliphatic heterocycles. The zero-order chi connectivity index (χ0) is 27.2. The van der Waals surface area contributed by atoms with Gasteiger partial charge in [-0.25, -0.2) is 4.79 Å². The lowest BCUT2D eigenvalue weighted by Crippen LogP contribution is -2.42. The van der Waals surface area contributed by atoms with Gasteiger partial charge in [-0.2, -0.15) is 4.80 Å². The fourth-order valence-corrected chi connectivity index (χ4v) is 4.69. The van der Waals surface area contributed by atoms with Crippen LogP contribution >= 0.6 is 11.8 Å². The molecule has 1 unspecified atom stereocenters. The van der Waals surface area contributed by atoms with Gasteiger partial charge < -0.3 is 10.1 Å². The Hall–Kier alpha value is -3.20. The number of carbonyl (C=O) groups is 2. The maximum absolute atomic E-state index is 12.8. The molecule has 0 bridgehead atoms. The van der Waals surface area contributed by atoms with E-state index in [1.54, 1.807) is 0 Å². The van der Waals surface area contributed by atoms with Gasteiger partial charge in [-0.1, -0.05) is 90.9 Å². The zero-order valence-electron chi connectivity index (χ0n) is 22.7. The molecule has 0 saturated heterocycles. The quantitative estimate of drug-likeness (QED) is 0.384. The molecule has 1 aromatic heterocycles. The Kier molecular flexibility index (Phi) is 9.12. The first-order valence-electron chi connectivity index (χ1n) is 12.5. The molecule has 37 heavy (non-hydrogen) atoms. The van der Waals surface area contributed by atoms with Crippen LogP contribution in [0.5, 0.6) is 0 Å². The van der Waals surface area contributed by atoms with Gasteiger partial charge in [0.15, 0.2) is 5.78 Å². The van der Waals surface area contributed by atoms with Gasteiger partial charge >= 0.3 is 6.09 Å². The highest BCUT2D eigenvalue weighted by molar-refractivity contribution is 7.99. The third-order valence-corrected chi connectivity index (χ3v) is 6.81. The number of Topliss-reactive ketones (excluding diaryl/α,β-unsaturated/α-hetero) is 1. The van der Waals surface area contributed by atoms with Crippen molar-refractivity contribution in [3.05, 3.63) is 65.2 Å². The van der Waals surface area contributed by atoms with E-state index in [1.807, 2.05) is 37.3 Å². The Balaban J connectivity index is 1.63. The second kappa shape index (κ2) is 11.9. The number of nitrogens with one attached hydrogen (secondary N) is 1. The largest absolute Gasteiger partial charge is 0.445 e. The van der Waals surface area contributed by atoms with E-state index in [4.69, 9.17) is 4.74 Å². The Morgan fingerprint density at radius 1 is 1.03 bits per heavy atom. The maximum Gasteiger partial charge on any atom is 0.408 e. The van der Waals surface area contributed by atoms with E-state index in [9.17, 15) is 9.59 Å². The summed E-state index contributed by atoms with van der Waals surface area (Å²) in [5.41, 5.74) is 3.33. The molecule has 1 N–H and O–H groups in total. The van der Waals surface area contributed by atoms with Crippen LogP contribution in [-0.2, 0) is 33.5 Å². The number of tetrazole rings is 1. The number of alkyl carbamates (subject to hydrolysis) is 1. The molecule has 3 aromatic rings. The number of ether oxygens (including phenoxy) is 1. The SMILES string of the molecule is CCC(NC(=O)OCc1ccccc1)C(=O)Cn1nnc(Sc2ccc(C(C)(C)C)cc2C(C)(C)C)n1. The molecule has 9 heteroatoms. The van der Waals surface area contributed by atoms with Crippen LogP contribution in [0.4, 0.5) is 4.79 Å². The molecule has 2 aromatic carbocycles. The summed E-state index contributed by atoms with van der Waals surface area (Å²) in [6.07, 6.45) is -0.217. The minimum absolute atomic E-state index is 0.0444. The van der Waals surface area contributed by atoms with Crippen molar-refractivity contribution in [1.82, 2.24) is 25.5 Å². The second-order valence-electron chi connectivity index (χ2n) is 11.0. The van der Waals surface area contributed by atoms with Crippen molar-refractivity contribution in [1.29, 1.82) is 0 Å². The van der Waals surface area contributed by atoms with Crippen LogP contribution in [0.3, 0.4) is 0 Å². The third-order valence-electron chi connectivity index (χ3n) is 5.89. The van der Waals surface area contributed by atoms with Crippen LogP contribution in [-0.4, -0.2) is 38.1 Å². The minimum atomic E-state index is -0.706. The van der Waals surface area contributed by atoms with E-state index in [2.05, 4.69) is 80.5 Å². The number of nitrogens with zero attached hydrogens (tertiary/aromatic N) is 4. The van der Waals surface area contributed by atoms with Gasteiger partial charge in [-0.15, -0.1) is 10.2 Å². The van der Waals surface area contributed by atoms with Crippen LogP contribution in [0.1, 0.15) is 71.6 Å². The number of aromatic nitrogens is 4. The molecule has 0 radical (unpaired) electrons. The fourth-order valence-electron chi connectivity index (χ4n) is 3.67.